The fourth-order valence-electron chi connectivity index (χ4n) is 12.7. The van der Waals surface area contributed by atoms with Crippen LogP contribution in [0.3, 0.4) is 0 Å². The predicted octanol–water partition coefficient (Wildman–Crippen LogP) is 14.0. The number of benzene rings is 6. The summed E-state index contributed by atoms with van der Waals surface area (Å²) < 4.78 is 0. The Morgan fingerprint density at radius 3 is 1.87 bits per heavy atom. The van der Waals surface area contributed by atoms with Crippen LogP contribution < -0.4 is 4.90 Å². The lowest BCUT2D eigenvalue weighted by Gasteiger charge is -2.61. The molecule has 6 aliphatic rings. The van der Waals surface area contributed by atoms with Gasteiger partial charge in [-0.15, -0.1) is 0 Å². The molecule has 264 valence electrons. The highest BCUT2D eigenvalue weighted by Gasteiger charge is 2.61. The normalized spacial score (nSPS) is 26.7. The van der Waals surface area contributed by atoms with Crippen LogP contribution in [0.4, 0.5) is 17.1 Å². The molecule has 0 heterocycles. The lowest BCUT2D eigenvalue weighted by molar-refractivity contribution is -0.0399. The molecule has 4 fully saturated rings. The van der Waals surface area contributed by atoms with E-state index in [9.17, 15) is 0 Å². The third-order valence-electron chi connectivity index (χ3n) is 15.1. The van der Waals surface area contributed by atoms with Gasteiger partial charge in [0.05, 0.1) is 5.69 Å². The molecule has 12 rings (SSSR count). The van der Waals surface area contributed by atoms with Crippen LogP contribution in [0.25, 0.3) is 33.0 Å². The molecule has 6 aliphatic carbocycles. The molecule has 0 N–H and O–H groups in total. The van der Waals surface area contributed by atoms with Gasteiger partial charge in [-0.05, 0) is 160 Å². The van der Waals surface area contributed by atoms with Crippen LogP contribution in [0.5, 0.6) is 0 Å². The van der Waals surface area contributed by atoms with Crippen molar-refractivity contribution in [1.82, 2.24) is 0 Å². The van der Waals surface area contributed by atoms with E-state index in [0.717, 1.165) is 23.7 Å². The number of rotatable bonds is 4. The van der Waals surface area contributed by atoms with Crippen molar-refractivity contribution in [1.29, 1.82) is 0 Å². The molecular weight excluding hydrogens is 639 g/mol. The second kappa shape index (κ2) is 11.2. The first-order valence-electron chi connectivity index (χ1n) is 20.5. The van der Waals surface area contributed by atoms with E-state index in [1.807, 2.05) is 0 Å². The molecule has 53 heavy (non-hydrogen) atoms. The molecule has 0 atom stereocenters. The zero-order valence-electron chi connectivity index (χ0n) is 31.8. The monoisotopic (exact) mass is 689 g/mol. The molecule has 0 amide bonds. The van der Waals surface area contributed by atoms with Crippen molar-refractivity contribution in [3.8, 4) is 22.3 Å². The van der Waals surface area contributed by atoms with Gasteiger partial charge in [0.25, 0.3) is 0 Å². The SMILES string of the molecule is CC1(C)CCC(C)(C)c2cc(-c3ccc(N(c4ccc5c(c4)C4(c6ccccc6-5)C5CC6CC(C5)CC4C6)c4cccc5ccccc45)cc3)ccc21. The van der Waals surface area contributed by atoms with Crippen molar-refractivity contribution in [2.24, 2.45) is 23.7 Å². The van der Waals surface area contributed by atoms with Crippen LogP contribution in [-0.2, 0) is 16.2 Å². The first kappa shape index (κ1) is 31.9. The summed E-state index contributed by atoms with van der Waals surface area (Å²) in [6, 6.07) is 49.5. The molecule has 0 unspecified atom stereocenters. The van der Waals surface area contributed by atoms with Gasteiger partial charge in [-0.25, -0.2) is 0 Å². The second-order valence-corrected chi connectivity index (χ2v) is 18.9. The van der Waals surface area contributed by atoms with Crippen molar-refractivity contribution in [3.63, 3.8) is 0 Å². The summed E-state index contributed by atoms with van der Waals surface area (Å²) >= 11 is 0. The van der Waals surface area contributed by atoms with Crippen LogP contribution in [-0.4, -0.2) is 0 Å². The maximum Gasteiger partial charge on any atom is 0.0540 e. The van der Waals surface area contributed by atoms with E-state index in [2.05, 4.69) is 160 Å². The van der Waals surface area contributed by atoms with E-state index in [1.54, 1.807) is 11.1 Å². The maximum atomic E-state index is 2.64. The Morgan fingerprint density at radius 2 is 1.09 bits per heavy atom. The van der Waals surface area contributed by atoms with Crippen molar-refractivity contribution >= 4 is 27.8 Å². The fourth-order valence-corrected chi connectivity index (χ4v) is 12.7. The molecular formula is C52H51N. The Morgan fingerprint density at radius 1 is 0.472 bits per heavy atom. The minimum absolute atomic E-state index is 0.137. The van der Waals surface area contributed by atoms with Gasteiger partial charge in [0, 0.05) is 22.2 Å². The third kappa shape index (κ3) is 4.55. The van der Waals surface area contributed by atoms with Gasteiger partial charge in [0.1, 0.15) is 0 Å². The molecule has 0 radical (unpaired) electrons. The predicted molar refractivity (Wildman–Crippen MR) is 223 cm³/mol. The minimum atomic E-state index is 0.137. The van der Waals surface area contributed by atoms with Gasteiger partial charge in [0.2, 0.25) is 0 Å². The van der Waals surface area contributed by atoms with Crippen molar-refractivity contribution < 1.29 is 0 Å². The number of fused-ring (bicyclic) bond motifs is 5. The summed E-state index contributed by atoms with van der Waals surface area (Å²) in [5.74, 6) is 3.35. The van der Waals surface area contributed by atoms with E-state index in [0.29, 0.717) is 0 Å². The van der Waals surface area contributed by atoms with E-state index >= 15 is 0 Å². The van der Waals surface area contributed by atoms with Crippen LogP contribution in [0.2, 0.25) is 0 Å². The zero-order valence-corrected chi connectivity index (χ0v) is 31.8. The first-order valence-corrected chi connectivity index (χ1v) is 20.5. The summed E-state index contributed by atoms with van der Waals surface area (Å²) in [5, 5.41) is 2.56. The lowest BCUT2D eigenvalue weighted by atomic mass is 9.43. The average molecular weight is 690 g/mol. The largest absolute Gasteiger partial charge is 0.310 e. The van der Waals surface area contributed by atoms with Gasteiger partial charge < -0.3 is 4.90 Å². The van der Waals surface area contributed by atoms with Gasteiger partial charge in [-0.3, -0.25) is 0 Å². The van der Waals surface area contributed by atoms with Crippen molar-refractivity contribution in [3.05, 3.63) is 150 Å². The highest BCUT2D eigenvalue weighted by molar-refractivity contribution is 5.99. The lowest BCUT2D eigenvalue weighted by Crippen LogP contribution is -2.55. The van der Waals surface area contributed by atoms with Crippen molar-refractivity contribution in [2.45, 2.75) is 88.9 Å². The van der Waals surface area contributed by atoms with E-state index in [1.165, 1.54) is 106 Å². The molecule has 1 spiro atoms. The molecule has 6 aromatic carbocycles. The van der Waals surface area contributed by atoms with Gasteiger partial charge in [-0.1, -0.05) is 125 Å². The summed E-state index contributed by atoms with van der Waals surface area (Å²) in [5.41, 5.74) is 16.1. The number of nitrogens with zero attached hydrogens (tertiary/aromatic N) is 1. The standard InChI is InChI=1S/C52H51N/c1-50(2)24-25-51(3,4)48-31-37(18-23-46(48)50)35-16-19-40(20-17-35)53(49-15-9-11-36-10-5-6-12-42(36)49)41-21-22-44-43-13-7-8-14-45(43)52(47(44)32-41)38-27-33-26-34(29-38)30-39(52)28-33/h5-23,31-34,38-39H,24-30H2,1-4H3. The van der Waals surface area contributed by atoms with Crippen LogP contribution >= 0.6 is 0 Å². The Balaban J connectivity index is 1.07. The van der Waals surface area contributed by atoms with E-state index in [-0.39, 0.29) is 16.2 Å². The van der Waals surface area contributed by atoms with Crippen molar-refractivity contribution in [2.75, 3.05) is 4.90 Å². The summed E-state index contributed by atoms with van der Waals surface area (Å²) in [7, 11) is 0. The fraction of sp³-hybridized carbons (Fsp3) is 0.346. The Bertz CT molecular complexity index is 2390. The van der Waals surface area contributed by atoms with Crippen LogP contribution in [0.1, 0.15) is 94.9 Å². The minimum Gasteiger partial charge on any atom is -0.310 e. The molecule has 0 aromatic heterocycles. The maximum absolute atomic E-state index is 2.64. The second-order valence-electron chi connectivity index (χ2n) is 18.9. The first-order chi connectivity index (χ1) is 25.7. The van der Waals surface area contributed by atoms with Gasteiger partial charge in [-0.2, -0.15) is 0 Å². The Labute approximate surface area is 316 Å². The molecule has 0 aliphatic heterocycles. The average Bonchev–Trinajstić information content (AvgIpc) is 3.46. The highest BCUT2D eigenvalue weighted by atomic mass is 15.1. The quantitative estimate of drug-likeness (QED) is 0.178. The zero-order chi connectivity index (χ0) is 35.7. The summed E-state index contributed by atoms with van der Waals surface area (Å²) in [6.45, 7) is 9.69. The Kier molecular flexibility index (Phi) is 6.74. The van der Waals surface area contributed by atoms with Gasteiger partial charge in [0.15, 0.2) is 0 Å². The summed E-state index contributed by atoms with van der Waals surface area (Å²) in [6.07, 6.45) is 9.54. The smallest absolute Gasteiger partial charge is 0.0540 e. The van der Waals surface area contributed by atoms with E-state index < -0.39 is 0 Å². The van der Waals surface area contributed by atoms with E-state index in [4.69, 9.17) is 0 Å². The molecule has 0 saturated heterocycles. The van der Waals surface area contributed by atoms with Crippen LogP contribution in [0, 0.1) is 23.7 Å². The molecule has 4 saturated carbocycles. The molecule has 1 nitrogen and oxygen atoms in total. The molecule has 4 bridgehead atoms. The summed E-state index contributed by atoms with van der Waals surface area (Å²) in [4.78, 5) is 2.55. The number of anilines is 3. The molecule has 6 aromatic rings. The third-order valence-corrected chi connectivity index (χ3v) is 15.1. The van der Waals surface area contributed by atoms with Crippen LogP contribution in [0.15, 0.2) is 127 Å². The number of hydrogen-bond donors (Lipinski definition) is 0. The Hall–Kier alpha value is -4.62. The number of hydrogen-bond acceptors (Lipinski definition) is 1. The van der Waals surface area contributed by atoms with Gasteiger partial charge >= 0.3 is 0 Å². The highest BCUT2D eigenvalue weighted by Crippen LogP contribution is 2.69. The molecule has 1 heteroatoms. The topological polar surface area (TPSA) is 3.24 Å².